The van der Waals surface area contributed by atoms with Crippen LogP contribution in [0.25, 0.3) is 0 Å². The molecule has 1 N–H and O–H groups in total. The molecule has 0 bridgehead atoms. The summed E-state index contributed by atoms with van der Waals surface area (Å²) in [5.74, 6) is 1.70. The monoisotopic (exact) mass is 357 g/mol. The molecular weight excluding hydrogens is 334 g/mol. The summed E-state index contributed by atoms with van der Waals surface area (Å²) >= 11 is 9.67. The maximum absolute atomic E-state index is 6.12. The van der Waals surface area contributed by atoms with Crippen LogP contribution in [0.3, 0.4) is 0 Å². The van der Waals surface area contributed by atoms with Gasteiger partial charge in [0.25, 0.3) is 0 Å². The predicted molar refractivity (Wildman–Crippen MR) is 91.3 cm³/mol. The van der Waals surface area contributed by atoms with E-state index >= 15 is 0 Å². The summed E-state index contributed by atoms with van der Waals surface area (Å²) in [6.07, 6.45) is 6.80. The highest BCUT2D eigenvalue weighted by molar-refractivity contribution is 9.10. The Hall–Kier alpha value is -0.0500. The minimum Gasteiger partial charge on any atom is -0.310 e. The number of nitrogens with one attached hydrogen (secondary N) is 1. The SMILES string of the molecule is CCNC(c1ccc(Cl)c(Br)c1)C1CCC(CC)CC1. The molecule has 0 aliphatic heterocycles. The number of hydrogen-bond donors (Lipinski definition) is 1. The Balaban J connectivity index is 2.12. The van der Waals surface area contributed by atoms with Gasteiger partial charge in [0.05, 0.1) is 5.02 Å². The molecule has 0 radical (unpaired) electrons. The van der Waals surface area contributed by atoms with Crippen LogP contribution in [0, 0.1) is 11.8 Å². The fourth-order valence-electron chi connectivity index (χ4n) is 3.41. The lowest BCUT2D eigenvalue weighted by Gasteiger charge is -2.34. The first-order valence-electron chi connectivity index (χ1n) is 7.84. The molecule has 1 nitrogen and oxygen atoms in total. The van der Waals surface area contributed by atoms with Crippen molar-refractivity contribution in [1.29, 1.82) is 0 Å². The van der Waals surface area contributed by atoms with Gasteiger partial charge in [0.1, 0.15) is 0 Å². The quantitative estimate of drug-likeness (QED) is 0.683. The van der Waals surface area contributed by atoms with Gasteiger partial charge in [-0.3, -0.25) is 0 Å². The van der Waals surface area contributed by atoms with E-state index in [-0.39, 0.29) is 0 Å². The minimum atomic E-state index is 0.464. The van der Waals surface area contributed by atoms with Crippen molar-refractivity contribution in [3.63, 3.8) is 0 Å². The van der Waals surface area contributed by atoms with Gasteiger partial charge in [0.2, 0.25) is 0 Å². The Morgan fingerprint density at radius 2 is 1.95 bits per heavy atom. The summed E-state index contributed by atoms with van der Waals surface area (Å²) in [7, 11) is 0. The maximum atomic E-state index is 6.12. The van der Waals surface area contributed by atoms with Crippen molar-refractivity contribution in [1.82, 2.24) is 5.32 Å². The van der Waals surface area contributed by atoms with Gasteiger partial charge >= 0.3 is 0 Å². The Morgan fingerprint density at radius 1 is 1.25 bits per heavy atom. The first kappa shape index (κ1) is 16.3. The average Bonchev–Trinajstić information content (AvgIpc) is 2.48. The summed E-state index contributed by atoms with van der Waals surface area (Å²) in [5.41, 5.74) is 1.36. The van der Waals surface area contributed by atoms with Gasteiger partial charge in [0, 0.05) is 10.5 Å². The van der Waals surface area contributed by atoms with E-state index in [0.29, 0.717) is 6.04 Å². The highest BCUT2D eigenvalue weighted by Crippen LogP contribution is 2.39. The van der Waals surface area contributed by atoms with Crippen LogP contribution < -0.4 is 5.32 Å². The van der Waals surface area contributed by atoms with Gasteiger partial charge in [-0.25, -0.2) is 0 Å². The normalized spacial score (nSPS) is 24.6. The van der Waals surface area contributed by atoms with Crippen LogP contribution in [0.2, 0.25) is 5.02 Å². The third-order valence-corrected chi connectivity index (χ3v) is 5.88. The van der Waals surface area contributed by atoms with Crippen molar-refractivity contribution in [2.45, 2.75) is 52.0 Å². The van der Waals surface area contributed by atoms with E-state index in [2.05, 4.69) is 47.2 Å². The van der Waals surface area contributed by atoms with E-state index in [9.17, 15) is 0 Å². The fraction of sp³-hybridized carbons (Fsp3) is 0.647. The number of benzene rings is 1. The Kier molecular flexibility index (Phi) is 6.38. The Morgan fingerprint density at radius 3 is 2.50 bits per heavy atom. The van der Waals surface area contributed by atoms with Crippen molar-refractivity contribution in [2.24, 2.45) is 11.8 Å². The van der Waals surface area contributed by atoms with Crippen molar-refractivity contribution >= 4 is 27.5 Å². The first-order valence-corrected chi connectivity index (χ1v) is 9.01. The van der Waals surface area contributed by atoms with E-state index in [1.54, 1.807) is 0 Å². The zero-order valence-corrected chi connectivity index (χ0v) is 14.8. The molecule has 1 aliphatic carbocycles. The Labute approximate surface area is 136 Å². The standard InChI is InChI=1S/C17H25BrClN/c1-3-12-5-7-13(8-6-12)17(20-4-2)14-9-10-16(19)15(18)11-14/h9-13,17,20H,3-8H2,1-2H3. The van der Waals surface area contributed by atoms with Gasteiger partial charge in [-0.1, -0.05) is 50.8 Å². The summed E-state index contributed by atoms with van der Waals surface area (Å²) in [5, 5.41) is 4.47. The molecular formula is C17H25BrClN. The molecule has 1 aromatic rings. The van der Waals surface area contributed by atoms with Crippen LogP contribution in [0.4, 0.5) is 0 Å². The van der Waals surface area contributed by atoms with Crippen LogP contribution in [0.1, 0.15) is 57.6 Å². The van der Waals surface area contributed by atoms with Crippen LogP contribution in [0.5, 0.6) is 0 Å². The smallest absolute Gasteiger partial charge is 0.0548 e. The van der Waals surface area contributed by atoms with Gasteiger partial charge in [-0.2, -0.15) is 0 Å². The third-order valence-electron chi connectivity index (χ3n) is 4.67. The fourth-order valence-corrected chi connectivity index (χ4v) is 3.93. The maximum Gasteiger partial charge on any atom is 0.0548 e. The van der Waals surface area contributed by atoms with Gasteiger partial charge in [-0.05, 0) is 64.8 Å². The van der Waals surface area contributed by atoms with E-state index in [4.69, 9.17) is 11.6 Å². The lowest BCUT2D eigenvalue weighted by atomic mass is 9.76. The first-order chi connectivity index (χ1) is 9.65. The summed E-state index contributed by atoms with van der Waals surface area (Å²) in [6, 6.07) is 6.82. The van der Waals surface area contributed by atoms with Crippen molar-refractivity contribution in [2.75, 3.05) is 6.54 Å². The molecule has 1 aromatic carbocycles. The number of halogens is 2. The summed E-state index contributed by atoms with van der Waals surface area (Å²) in [4.78, 5) is 0. The highest BCUT2D eigenvalue weighted by atomic mass is 79.9. The van der Waals surface area contributed by atoms with Crippen LogP contribution in [0.15, 0.2) is 22.7 Å². The van der Waals surface area contributed by atoms with Gasteiger partial charge < -0.3 is 5.32 Å². The molecule has 1 atom stereocenters. The van der Waals surface area contributed by atoms with Crippen LogP contribution >= 0.6 is 27.5 Å². The number of rotatable bonds is 5. The molecule has 1 aliphatic rings. The topological polar surface area (TPSA) is 12.0 Å². The van der Waals surface area contributed by atoms with Crippen LogP contribution in [-0.4, -0.2) is 6.54 Å². The second kappa shape index (κ2) is 7.82. The molecule has 1 fully saturated rings. The minimum absolute atomic E-state index is 0.464. The molecule has 0 heterocycles. The predicted octanol–water partition coefficient (Wildman–Crippen LogP) is 5.97. The van der Waals surface area contributed by atoms with Gasteiger partial charge in [0.15, 0.2) is 0 Å². The second-order valence-corrected chi connectivity index (χ2v) is 7.16. The molecule has 0 saturated heterocycles. The zero-order chi connectivity index (χ0) is 14.5. The molecule has 3 heteroatoms. The van der Waals surface area contributed by atoms with Crippen molar-refractivity contribution < 1.29 is 0 Å². The molecule has 20 heavy (non-hydrogen) atoms. The third kappa shape index (κ3) is 3.99. The van der Waals surface area contributed by atoms with E-state index in [0.717, 1.165) is 27.9 Å². The Bertz CT molecular complexity index is 427. The van der Waals surface area contributed by atoms with Crippen molar-refractivity contribution in [3.8, 4) is 0 Å². The zero-order valence-electron chi connectivity index (χ0n) is 12.5. The average molecular weight is 359 g/mol. The molecule has 1 unspecified atom stereocenters. The van der Waals surface area contributed by atoms with Gasteiger partial charge in [-0.15, -0.1) is 0 Å². The van der Waals surface area contributed by atoms with E-state index in [1.807, 2.05) is 6.07 Å². The summed E-state index contributed by atoms with van der Waals surface area (Å²) < 4.78 is 1.00. The van der Waals surface area contributed by atoms with E-state index < -0.39 is 0 Å². The molecule has 0 aromatic heterocycles. The molecule has 0 spiro atoms. The lowest BCUT2D eigenvalue weighted by molar-refractivity contribution is 0.220. The molecule has 0 amide bonds. The van der Waals surface area contributed by atoms with Crippen LogP contribution in [-0.2, 0) is 0 Å². The largest absolute Gasteiger partial charge is 0.310 e. The molecule has 1 saturated carbocycles. The second-order valence-electron chi connectivity index (χ2n) is 5.90. The summed E-state index contributed by atoms with van der Waals surface area (Å²) in [6.45, 7) is 5.53. The van der Waals surface area contributed by atoms with E-state index in [1.165, 1.54) is 37.7 Å². The molecule has 2 rings (SSSR count). The van der Waals surface area contributed by atoms with Crippen molar-refractivity contribution in [3.05, 3.63) is 33.3 Å². The number of hydrogen-bond acceptors (Lipinski definition) is 1. The molecule has 112 valence electrons. The lowest BCUT2D eigenvalue weighted by Crippen LogP contribution is -2.31. The highest BCUT2D eigenvalue weighted by Gasteiger charge is 2.27.